The van der Waals surface area contributed by atoms with Crippen molar-refractivity contribution in [1.29, 1.82) is 0 Å². The molecular weight excluding hydrogens is 370 g/mol. The van der Waals surface area contributed by atoms with Gasteiger partial charge in [0.25, 0.3) is 0 Å². The van der Waals surface area contributed by atoms with Gasteiger partial charge in [-0.15, -0.1) is 0 Å². The van der Waals surface area contributed by atoms with E-state index in [0.717, 1.165) is 40.7 Å². The molecule has 0 aliphatic carbocycles. The largest absolute Gasteiger partial charge is 0.493 e. The minimum absolute atomic E-state index is 0.621. The Morgan fingerprint density at radius 3 is 2.14 bits per heavy atom. The van der Waals surface area contributed by atoms with Crippen LogP contribution < -0.4 is 19.4 Å². The number of nitrogens with zero attached hydrogens (tertiary/aromatic N) is 1. The van der Waals surface area contributed by atoms with Crippen LogP contribution in [0.4, 0.5) is 0 Å². The lowest BCUT2D eigenvalue weighted by Crippen LogP contribution is -2.35. The van der Waals surface area contributed by atoms with Crippen molar-refractivity contribution in [3.05, 3.63) is 53.9 Å². The molecule has 0 saturated carbocycles. The zero-order chi connectivity index (χ0) is 20.6. The number of fused-ring (bicyclic) bond motifs is 1. The Morgan fingerprint density at radius 1 is 0.793 bits per heavy atom. The van der Waals surface area contributed by atoms with Gasteiger partial charge in [-0.05, 0) is 30.3 Å². The second-order valence-corrected chi connectivity index (χ2v) is 6.53. The van der Waals surface area contributed by atoms with E-state index in [1.807, 2.05) is 36.4 Å². The van der Waals surface area contributed by atoms with E-state index < -0.39 is 0 Å². The molecule has 0 fully saturated rings. The van der Waals surface area contributed by atoms with Gasteiger partial charge in [-0.2, -0.15) is 0 Å². The molecule has 29 heavy (non-hydrogen) atoms. The molecule has 2 aromatic carbocycles. The minimum atomic E-state index is 0.621. The average Bonchev–Trinajstić information content (AvgIpc) is 2.78. The van der Waals surface area contributed by atoms with Gasteiger partial charge in [-0.3, -0.25) is 0 Å². The van der Waals surface area contributed by atoms with Crippen molar-refractivity contribution in [3.8, 4) is 22.8 Å². The van der Waals surface area contributed by atoms with Crippen LogP contribution in [-0.4, -0.2) is 54.7 Å². The Kier molecular flexibility index (Phi) is 7.27. The van der Waals surface area contributed by atoms with Crippen molar-refractivity contribution in [2.45, 2.75) is 0 Å². The minimum Gasteiger partial charge on any atom is -0.493 e. The molecule has 0 radical (unpaired) electrons. The summed E-state index contributed by atoms with van der Waals surface area (Å²) in [4.78, 5) is 0. The first-order valence-corrected chi connectivity index (χ1v) is 9.53. The Labute approximate surface area is 170 Å². The first kappa shape index (κ1) is 20.9. The van der Waals surface area contributed by atoms with Crippen molar-refractivity contribution in [1.82, 2.24) is 4.58 Å². The van der Waals surface area contributed by atoms with Crippen molar-refractivity contribution >= 4 is 11.0 Å². The summed E-state index contributed by atoms with van der Waals surface area (Å²) in [6.45, 7) is 2.74. The first-order chi connectivity index (χ1) is 14.2. The summed E-state index contributed by atoms with van der Waals surface area (Å²) in [5, 5.41) is 2.12. The second kappa shape index (κ2) is 10.1. The summed E-state index contributed by atoms with van der Waals surface area (Å²) < 4.78 is 30.0. The number of hydrogen-bond acceptors (Lipinski definition) is 5. The fourth-order valence-electron chi connectivity index (χ4n) is 3.27. The van der Waals surface area contributed by atoms with E-state index in [-0.39, 0.29) is 0 Å². The number of hydrogen-bond donors (Lipinski definition) is 0. The van der Waals surface area contributed by atoms with E-state index in [9.17, 15) is 0 Å². The fraction of sp³-hybridized carbons (Fsp3) is 0.348. The van der Waals surface area contributed by atoms with Crippen LogP contribution in [0.2, 0.25) is 0 Å². The molecule has 0 saturated heterocycles. The molecule has 1 aromatic heterocycles. The number of benzene rings is 2. The SMILES string of the molecule is COCC[N+](CCOC)=c1cc(-c2ccc(OC)c(OC)c2)oc2ccccc12. The van der Waals surface area contributed by atoms with Crippen LogP contribution in [0, 0.1) is 0 Å². The summed E-state index contributed by atoms with van der Waals surface area (Å²) in [5.41, 5.74) is 1.72. The smallest absolute Gasteiger partial charge is 0.214 e. The highest BCUT2D eigenvalue weighted by atomic mass is 16.5. The third-order valence-corrected chi connectivity index (χ3v) is 4.79. The predicted molar refractivity (Wildman–Crippen MR) is 114 cm³/mol. The van der Waals surface area contributed by atoms with E-state index >= 15 is 0 Å². The van der Waals surface area contributed by atoms with Gasteiger partial charge in [0, 0.05) is 19.8 Å². The van der Waals surface area contributed by atoms with Crippen molar-refractivity contribution in [3.63, 3.8) is 0 Å². The summed E-state index contributed by atoms with van der Waals surface area (Å²) in [6, 6.07) is 15.9. The highest BCUT2D eigenvalue weighted by Gasteiger charge is 2.15. The maximum absolute atomic E-state index is 6.24. The van der Waals surface area contributed by atoms with Crippen LogP contribution in [-0.2, 0) is 9.47 Å². The molecule has 3 rings (SSSR count). The fourth-order valence-corrected chi connectivity index (χ4v) is 3.27. The van der Waals surface area contributed by atoms with Gasteiger partial charge >= 0.3 is 0 Å². The van der Waals surface area contributed by atoms with Gasteiger partial charge in [0.05, 0.1) is 25.7 Å². The summed E-state index contributed by atoms with van der Waals surface area (Å²) in [6.07, 6.45) is 0. The number of methoxy groups -OCH3 is 4. The Morgan fingerprint density at radius 2 is 1.48 bits per heavy atom. The quantitative estimate of drug-likeness (QED) is 0.518. The molecule has 0 unspecified atom stereocenters. The van der Waals surface area contributed by atoms with Crippen LogP contribution >= 0.6 is 0 Å². The van der Waals surface area contributed by atoms with Gasteiger partial charge in [0.1, 0.15) is 24.6 Å². The maximum Gasteiger partial charge on any atom is 0.214 e. The maximum atomic E-state index is 6.24. The molecule has 1 heterocycles. The summed E-state index contributed by atoms with van der Waals surface area (Å²) in [7, 11) is 6.67. The molecule has 0 aliphatic rings. The Bertz CT molecular complexity index is 1020. The lowest BCUT2D eigenvalue weighted by Gasteiger charge is -2.10. The molecule has 0 N–H and O–H groups in total. The lowest BCUT2D eigenvalue weighted by atomic mass is 10.1. The molecule has 6 heteroatoms. The summed E-state index contributed by atoms with van der Waals surface area (Å²) in [5.74, 6) is 2.09. The number of ether oxygens (including phenoxy) is 4. The van der Waals surface area contributed by atoms with Gasteiger partial charge in [0.2, 0.25) is 5.36 Å². The molecule has 3 aromatic rings. The van der Waals surface area contributed by atoms with E-state index in [0.29, 0.717) is 24.7 Å². The second-order valence-electron chi connectivity index (χ2n) is 6.53. The standard InChI is InChI=1S/C23H28NO5/c1-25-13-11-24(12-14-26-2)19-16-22(29-20-8-6-5-7-18(19)20)17-9-10-21(27-3)23(15-17)28-4/h5-10,15-16H,11-14H2,1-4H3/q+1. The van der Waals surface area contributed by atoms with Gasteiger partial charge in [0.15, 0.2) is 24.6 Å². The molecule has 0 aliphatic heterocycles. The van der Waals surface area contributed by atoms with E-state index in [4.69, 9.17) is 23.4 Å². The highest BCUT2D eigenvalue weighted by Crippen LogP contribution is 2.32. The van der Waals surface area contributed by atoms with Gasteiger partial charge in [-0.25, -0.2) is 4.58 Å². The van der Waals surface area contributed by atoms with Crippen LogP contribution in [0.1, 0.15) is 0 Å². The Hall–Kier alpha value is -2.83. The van der Waals surface area contributed by atoms with Crippen molar-refractivity contribution in [2.75, 3.05) is 54.7 Å². The van der Waals surface area contributed by atoms with E-state index in [1.165, 1.54) is 0 Å². The van der Waals surface area contributed by atoms with Gasteiger partial charge < -0.3 is 23.4 Å². The van der Waals surface area contributed by atoms with Crippen LogP contribution in [0.25, 0.3) is 22.3 Å². The zero-order valence-electron chi connectivity index (χ0n) is 17.4. The number of rotatable bonds is 9. The van der Waals surface area contributed by atoms with Crippen LogP contribution in [0.5, 0.6) is 11.5 Å². The topological polar surface area (TPSA) is 53.1 Å². The molecule has 154 valence electrons. The molecule has 0 atom stereocenters. The molecule has 0 amide bonds. The number of para-hydroxylation sites is 1. The third-order valence-electron chi connectivity index (χ3n) is 4.79. The first-order valence-electron chi connectivity index (χ1n) is 9.53. The predicted octanol–water partition coefficient (Wildman–Crippen LogP) is 3.18. The molecule has 0 bridgehead atoms. The van der Waals surface area contributed by atoms with E-state index in [1.54, 1.807) is 28.4 Å². The summed E-state index contributed by atoms with van der Waals surface area (Å²) >= 11 is 0. The van der Waals surface area contributed by atoms with Crippen LogP contribution in [0.3, 0.4) is 0 Å². The molecular formula is C23H28NO5+. The van der Waals surface area contributed by atoms with Gasteiger partial charge in [-0.1, -0.05) is 12.1 Å². The molecule has 6 nitrogen and oxygen atoms in total. The monoisotopic (exact) mass is 398 g/mol. The van der Waals surface area contributed by atoms with Crippen LogP contribution in [0.15, 0.2) is 52.9 Å². The average molecular weight is 398 g/mol. The molecule has 0 spiro atoms. The normalized spacial score (nSPS) is 10.9. The third kappa shape index (κ3) is 4.78. The lowest BCUT2D eigenvalue weighted by molar-refractivity contribution is 0.171. The zero-order valence-corrected chi connectivity index (χ0v) is 17.4. The Balaban J connectivity index is 2.24. The van der Waals surface area contributed by atoms with E-state index in [2.05, 4.69) is 16.7 Å². The highest BCUT2D eigenvalue weighted by molar-refractivity contribution is 5.78. The van der Waals surface area contributed by atoms with Crippen molar-refractivity contribution in [2.24, 2.45) is 0 Å². The van der Waals surface area contributed by atoms with Crippen molar-refractivity contribution < 1.29 is 23.4 Å².